The molecule has 0 aliphatic carbocycles. The molecule has 0 saturated carbocycles. The normalized spacial score (nSPS) is 10.9. The summed E-state index contributed by atoms with van der Waals surface area (Å²) in [5, 5.41) is 4.36. The molecule has 0 aliphatic heterocycles. The summed E-state index contributed by atoms with van der Waals surface area (Å²) in [5.41, 5.74) is 0.827. The summed E-state index contributed by atoms with van der Waals surface area (Å²) in [5.74, 6) is 1.32. The molecule has 0 fully saturated rings. The van der Waals surface area contributed by atoms with Crippen LogP contribution in [0.25, 0.3) is 5.69 Å². The van der Waals surface area contributed by atoms with E-state index in [0.29, 0.717) is 16.0 Å². The van der Waals surface area contributed by atoms with E-state index in [1.165, 1.54) is 0 Å². The quantitative estimate of drug-likeness (QED) is 0.909. The molecular formula is C13H15Cl2N3. The van der Waals surface area contributed by atoms with E-state index in [2.05, 4.69) is 24.1 Å². The number of imidazole rings is 1. The number of nitrogens with one attached hydrogen (secondary N) is 1. The van der Waals surface area contributed by atoms with Gasteiger partial charge in [0, 0.05) is 18.9 Å². The van der Waals surface area contributed by atoms with E-state index in [4.69, 9.17) is 23.2 Å². The van der Waals surface area contributed by atoms with Gasteiger partial charge in [-0.2, -0.15) is 0 Å². The number of hydrogen-bond donors (Lipinski definition) is 1. The van der Waals surface area contributed by atoms with Gasteiger partial charge in [0.15, 0.2) is 0 Å². The lowest BCUT2D eigenvalue weighted by molar-refractivity contribution is 0.683. The molecule has 1 aromatic heterocycles. The fraction of sp³-hybridized carbons (Fsp3) is 0.308. The molecule has 0 saturated heterocycles. The van der Waals surface area contributed by atoms with Gasteiger partial charge in [0.05, 0.1) is 15.7 Å². The summed E-state index contributed by atoms with van der Waals surface area (Å²) in [7, 11) is 0. The van der Waals surface area contributed by atoms with Crippen LogP contribution in [0.3, 0.4) is 0 Å². The Balaban J connectivity index is 2.33. The molecule has 0 unspecified atom stereocenters. The van der Waals surface area contributed by atoms with Gasteiger partial charge in [-0.25, -0.2) is 4.98 Å². The SMILES string of the molecule is CC(C)CNc1nccn1-c1cccc(Cl)c1Cl. The number of halogens is 2. The molecule has 96 valence electrons. The molecule has 2 aromatic rings. The molecule has 0 radical (unpaired) electrons. The first-order chi connectivity index (χ1) is 8.59. The Labute approximate surface area is 117 Å². The molecule has 18 heavy (non-hydrogen) atoms. The van der Waals surface area contributed by atoms with Gasteiger partial charge in [0.2, 0.25) is 5.95 Å². The lowest BCUT2D eigenvalue weighted by atomic mass is 10.2. The van der Waals surface area contributed by atoms with Gasteiger partial charge in [-0.05, 0) is 18.1 Å². The van der Waals surface area contributed by atoms with Crippen LogP contribution in [0.4, 0.5) is 5.95 Å². The molecule has 1 N–H and O–H groups in total. The predicted octanol–water partition coefficient (Wildman–Crippen LogP) is 4.25. The van der Waals surface area contributed by atoms with Crippen LogP contribution in [-0.2, 0) is 0 Å². The zero-order valence-corrected chi connectivity index (χ0v) is 11.8. The highest BCUT2D eigenvalue weighted by Crippen LogP contribution is 2.29. The first-order valence-corrected chi connectivity index (χ1v) is 6.56. The van der Waals surface area contributed by atoms with Crippen LogP contribution in [0.15, 0.2) is 30.6 Å². The minimum atomic E-state index is 0.532. The summed E-state index contributed by atoms with van der Waals surface area (Å²) in [6, 6.07) is 5.55. The zero-order chi connectivity index (χ0) is 13.1. The monoisotopic (exact) mass is 283 g/mol. The Morgan fingerprint density at radius 3 is 2.83 bits per heavy atom. The van der Waals surface area contributed by atoms with Crippen LogP contribution >= 0.6 is 23.2 Å². The molecule has 1 heterocycles. The fourth-order valence-electron chi connectivity index (χ4n) is 1.60. The number of rotatable bonds is 4. The molecule has 0 bridgehead atoms. The lowest BCUT2D eigenvalue weighted by Crippen LogP contribution is -2.12. The van der Waals surface area contributed by atoms with Crippen molar-refractivity contribution in [2.45, 2.75) is 13.8 Å². The Morgan fingerprint density at radius 2 is 2.11 bits per heavy atom. The first-order valence-electron chi connectivity index (χ1n) is 5.81. The van der Waals surface area contributed by atoms with Crippen molar-refractivity contribution in [2.24, 2.45) is 5.92 Å². The van der Waals surface area contributed by atoms with Crippen molar-refractivity contribution in [1.29, 1.82) is 0 Å². The van der Waals surface area contributed by atoms with E-state index < -0.39 is 0 Å². The molecule has 3 nitrogen and oxygen atoms in total. The van der Waals surface area contributed by atoms with Gasteiger partial charge in [-0.3, -0.25) is 4.57 Å². The van der Waals surface area contributed by atoms with Crippen LogP contribution < -0.4 is 5.32 Å². The Kier molecular flexibility index (Phi) is 4.15. The minimum Gasteiger partial charge on any atom is -0.355 e. The van der Waals surface area contributed by atoms with E-state index in [0.717, 1.165) is 18.2 Å². The largest absolute Gasteiger partial charge is 0.355 e. The van der Waals surface area contributed by atoms with E-state index in [1.807, 2.05) is 22.9 Å². The average molecular weight is 284 g/mol. The summed E-state index contributed by atoms with van der Waals surface area (Å²) >= 11 is 12.2. The summed E-state index contributed by atoms with van der Waals surface area (Å²) in [6.45, 7) is 5.15. The van der Waals surface area contributed by atoms with E-state index >= 15 is 0 Å². The van der Waals surface area contributed by atoms with Crippen molar-refractivity contribution < 1.29 is 0 Å². The van der Waals surface area contributed by atoms with Crippen LogP contribution in [0, 0.1) is 5.92 Å². The Morgan fingerprint density at radius 1 is 1.33 bits per heavy atom. The van der Waals surface area contributed by atoms with Crippen LogP contribution in [-0.4, -0.2) is 16.1 Å². The smallest absolute Gasteiger partial charge is 0.207 e. The standard InChI is InChI=1S/C13H15Cl2N3/c1-9(2)8-17-13-16-6-7-18(13)11-5-3-4-10(14)12(11)15/h3-7,9H,8H2,1-2H3,(H,16,17). The van der Waals surface area contributed by atoms with Crippen molar-refractivity contribution in [3.8, 4) is 5.69 Å². The minimum absolute atomic E-state index is 0.532. The molecule has 1 aromatic carbocycles. The molecule has 0 atom stereocenters. The van der Waals surface area contributed by atoms with Crippen molar-refractivity contribution in [3.63, 3.8) is 0 Å². The van der Waals surface area contributed by atoms with E-state index in [-0.39, 0.29) is 0 Å². The molecule has 2 rings (SSSR count). The average Bonchev–Trinajstić information content (AvgIpc) is 2.78. The summed E-state index contributed by atoms with van der Waals surface area (Å²) in [4.78, 5) is 4.29. The molecule has 0 aliphatic rings. The molecule has 5 heteroatoms. The third-order valence-electron chi connectivity index (χ3n) is 2.50. The third-order valence-corrected chi connectivity index (χ3v) is 3.31. The van der Waals surface area contributed by atoms with Crippen molar-refractivity contribution in [1.82, 2.24) is 9.55 Å². The van der Waals surface area contributed by atoms with Crippen LogP contribution in [0.2, 0.25) is 10.0 Å². The number of hydrogen-bond acceptors (Lipinski definition) is 2. The second-order valence-electron chi connectivity index (χ2n) is 4.47. The second kappa shape index (κ2) is 5.63. The Hall–Kier alpha value is -1.19. The molecule has 0 spiro atoms. The van der Waals surface area contributed by atoms with Gasteiger partial charge in [-0.1, -0.05) is 43.1 Å². The van der Waals surface area contributed by atoms with Crippen molar-refractivity contribution in [3.05, 3.63) is 40.6 Å². The maximum atomic E-state index is 6.21. The molecule has 0 amide bonds. The van der Waals surface area contributed by atoms with Crippen molar-refractivity contribution in [2.75, 3.05) is 11.9 Å². The van der Waals surface area contributed by atoms with Gasteiger partial charge < -0.3 is 5.32 Å². The van der Waals surface area contributed by atoms with Crippen molar-refractivity contribution >= 4 is 29.2 Å². The van der Waals surface area contributed by atoms with E-state index in [1.54, 1.807) is 12.3 Å². The number of aromatic nitrogens is 2. The summed E-state index contributed by atoms with van der Waals surface area (Å²) in [6.07, 6.45) is 3.60. The second-order valence-corrected chi connectivity index (χ2v) is 5.25. The summed E-state index contributed by atoms with van der Waals surface area (Å²) < 4.78 is 1.90. The lowest BCUT2D eigenvalue weighted by Gasteiger charge is -2.13. The first kappa shape index (κ1) is 13.2. The fourth-order valence-corrected chi connectivity index (χ4v) is 1.99. The third kappa shape index (κ3) is 2.79. The van der Waals surface area contributed by atoms with Crippen LogP contribution in [0.5, 0.6) is 0 Å². The number of nitrogens with zero attached hydrogens (tertiary/aromatic N) is 2. The van der Waals surface area contributed by atoms with Gasteiger partial charge in [0.25, 0.3) is 0 Å². The number of anilines is 1. The predicted molar refractivity (Wildman–Crippen MR) is 76.9 cm³/mol. The van der Waals surface area contributed by atoms with Gasteiger partial charge in [-0.15, -0.1) is 0 Å². The van der Waals surface area contributed by atoms with E-state index in [9.17, 15) is 0 Å². The van der Waals surface area contributed by atoms with Crippen LogP contribution in [0.1, 0.15) is 13.8 Å². The zero-order valence-electron chi connectivity index (χ0n) is 10.3. The maximum Gasteiger partial charge on any atom is 0.207 e. The van der Waals surface area contributed by atoms with Gasteiger partial charge >= 0.3 is 0 Å². The highest BCUT2D eigenvalue weighted by molar-refractivity contribution is 6.43. The highest BCUT2D eigenvalue weighted by Gasteiger charge is 2.10. The Bertz CT molecular complexity index is 535. The number of benzene rings is 1. The molecular weight excluding hydrogens is 269 g/mol. The topological polar surface area (TPSA) is 29.9 Å². The maximum absolute atomic E-state index is 6.21. The van der Waals surface area contributed by atoms with Gasteiger partial charge in [0.1, 0.15) is 0 Å². The highest BCUT2D eigenvalue weighted by atomic mass is 35.5.